The third-order valence-electron chi connectivity index (χ3n) is 3.32. The Hall–Kier alpha value is -0.620. The maximum Gasteiger partial charge on any atom is 0.320 e. The topological polar surface area (TPSA) is 83.5 Å². The van der Waals surface area contributed by atoms with Gasteiger partial charge in [-0.25, -0.2) is 13.1 Å². The minimum absolute atomic E-state index is 0.104. The van der Waals surface area contributed by atoms with E-state index in [0.29, 0.717) is 11.8 Å². The highest BCUT2D eigenvalue weighted by atomic mass is 32.2. The summed E-state index contributed by atoms with van der Waals surface area (Å²) < 4.78 is 25.7. The molecule has 1 saturated carbocycles. The summed E-state index contributed by atoms with van der Waals surface area (Å²) in [6.45, 7) is 4.16. The molecule has 2 atom stereocenters. The summed E-state index contributed by atoms with van der Waals surface area (Å²) >= 11 is 0. The maximum atomic E-state index is 11.6. The van der Waals surface area contributed by atoms with Gasteiger partial charge in [-0.15, -0.1) is 0 Å². The Balaban J connectivity index is 2.67. The number of sulfonamides is 1. The van der Waals surface area contributed by atoms with Crippen LogP contribution in [0.1, 0.15) is 39.5 Å². The highest BCUT2D eigenvalue weighted by molar-refractivity contribution is 7.90. The minimum atomic E-state index is -3.70. The third kappa shape index (κ3) is 4.63. The fourth-order valence-electron chi connectivity index (χ4n) is 2.54. The molecule has 0 spiro atoms. The smallest absolute Gasteiger partial charge is 0.320 e. The van der Waals surface area contributed by atoms with Crippen molar-refractivity contribution in [2.24, 2.45) is 11.8 Å². The first-order valence-electron chi connectivity index (χ1n) is 6.03. The molecule has 0 saturated heterocycles. The number of nitrogens with one attached hydrogen (secondary N) is 1. The summed E-state index contributed by atoms with van der Waals surface area (Å²) in [6, 6.07) is -0.104. The van der Waals surface area contributed by atoms with Gasteiger partial charge in [0.1, 0.15) is 0 Å². The SMILES string of the molecule is CC(C)C1CCCCC1NS(=O)(=O)CC(=O)O. The Morgan fingerprint density at radius 1 is 1.35 bits per heavy atom. The van der Waals surface area contributed by atoms with Crippen LogP contribution in [-0.2, 0) is 14.8 Å². The second-order valence-electron chi connectivity index (χ2n) is 5.07. The van der Waals surface area contributed by atoms with Gasteiger partial charge in [0.2, 0.25) is 10.0 Å². The highest BCUT2D eigenvalue weighted by Crippen LogP contribution is 2.30. The molecule has 1 aliphatic rings. The molecule has 1 fully saturated rings. The van der Waals surface area contributed by atoms with E-state index in [1.807, 2.05) is 0 Å². The number of aliphatic carboxylic acids is 1. The Kier molecular flexibility index (Phi) is 4.94. The van der Waals surface area contributed by atoms with Gasteiger partial charge in [0, 0.05) is 6.04 Å². The van der Waals surface area contributed by atoms with E-state index in [1.165, 1.54) is 0 Å². The molecule has 6 heteroatoms. The molecule has 0 aromatic rings. The van der Waals surface area contributed by atoms with E-state index in [-0.39, 0.29) is 6.04 Å². The van der Waals surface area contributed by atoms with Crippen molar-refractivity contribution in [1.29, 1.82) is 0 Å². The molecule has 0 radical (unpaired) electrons. The van der Waals surface area contributed by atoms with E-state index in [4.69, 9.17) is 5.11 Å². The van der Waals surface area contributed by atoms with Crippen LogP contribution in [0.2, 0.25) is 0 Å². The monoisotopic (exact) mass is 263 g/mol. The van der Waals surface area contributed by atoms with E-state index in [9.17, 15) is 13.2 Å². The molecule has 0 heterocycles. The molecule has 2 N–H and O–H groups in total. The molecule has 1 rings (SSSR count). The minimum Gasteiger partial charge on any atom is -0.480 e. The number of carbonyl (C=O) groups is 1. The quantitative estimate of drug-likeness (QED) is 0.781. The van der Waals surface area contributed by atoms with Crippen molar-refractivity contribution < 1.29 is 18.3 Å². The standard InChI is InChI=1S/C11H21NO4S/c1-8(2)9-5-3-4-6-10(9)12-17(15,16)7-11(13)14/h8-10,12H,3-7H2,1-2H3,(H,13,14). The van der Waals surface area contributed by atoms with Gasteiger partial charge < -0.3 is 5.11 Å². The highest BCUT2D eigenvalue weighted by Gasteiger charge is 2.31. The number of hydrogen-bond donors (Lipinski definition) is 2. The maximum absolute atomic E-state index is 11.6. The van der Waals surface area contributed by atoms with Crippen molar-refractivity contribution in [3.8, 4) is 0 Å². The van der Waals surface area contributed by atoms with E-state index in [2.05, 4.69) is 18.6 Å². The average molecular weight is 263 g/mol. The van der Waals surface area contributed by atoms with Crippen molar-refractivity contribution in [3.05, 3.63) is 0 Å². The first kappa shape index (κ1) is 14.4. The fourth-order valence-corrected chi connectivity index (χ4v) is 3.70. The lowest BCUT2D eigenvalue weighted by molar-refractivity contribution is -0.134. The van der Waals surface area contributed by atoms with Crippen LogP contribution in [0.25, 0.3) is 0 Å². The Labute approximate surface area is 103 Å². The van der Waals surface area contributed by atoms with Crippen LogP contribution in [0.5, 0.6) is 0 Å². The number of carboxylic acid groups (broad SMARTS) is 1. The van der Waals surface area contributed by atoms with Crippen LogP contribution in [-0.4, -0.2) is 31.3 Å². The predicted molar refractivity (Wildman–Crippen MR) is 65.1 cm³/mol. The first-order valence-corrected chi connectivity index (χ1v) is 7.69. The molecule has 0 amide bonds. The molecular formula is C11H21NO4S. The van der Waals surface area contributed by atoms with Crippen LogP contribution >= 0.6 is 0 Å². The zero-order chi connectivity index (χ0) is 13.1. The molecule has 2 unspecified atom stereocenters. The summed E-state index contributed by atoms with van der Waals surface area (Å²) in [6.07, 6.45) is 3.95. The number of hydrogen-bond acceptors (Lipinski definition) is 3. The van der Waals surface area contributed by atoms with Gasteiger partial charge in [-0.3, -0.25) is 4.79 Å². The van der Waals surface area contributed by atoms with E-state index in [0.717, 1.165) is 25.7 Å². The Morgan fingerprint density at radius 2 is 1.94 bits per heavy atom. The lowest BCUT2D eigenvalue weighted by Gasteiger charge is -2.34. The van der Waals surface area contributed by atoms with Crippen molar-refractivity contribution in [3.63, 3.8) is 0 Å². The van der Waals surface area contributed by atoms with Crippen LogP contribution in [0.15, 0.2) is 0 Å². The molecule has 0 aliphatic heterocycles. The lowest BCUT2D eigenvalue weighted by atomic mass is 9.78. The number of carboxylic acids is 1. The largest absolute Gasteiger partial charge is 0.480 e. The number of rotatable bonds is 5. The molecule has 0 bridgehead atoms. The molecule has 0 aromatic carbocycles. The summed E-state index contributed by atoms with van der Waals surface area (Å²) in [5.74, 6) is -1.43. The van der Waals surface area contributed by atoms with Gasteiger partial charge >= 0.3 is 5.97 Å². The van der Waals surface area contributed by atoms with Gasteiger partial charge in [-0.2, -0.15) is 0 Å². The van der Waals surface area contributed by atoms with Crippen LogP contribution in [0.4, 0.5) is 0 Å². The van der Waals surface area contributed by atoms with Crippen molar-refractivity contribution in [1.82, 2.24) is 4.72 Å². The molecular weight excluding hydrogens is 242 g/mol. The normalized spacial score (nSPS) is 26.1. The predicted octanol–water partition coefficient (Wildman–Crippen LogP) is 1.21. The Morgan fingerprint density at radius 3 is 2.47 bits per heavy atom. The second kappa shape index (κ2) is 5.82. The van der Waals surface area contributed by atoms with E-state index < -0.39 is 21.7 Å². The van der Waals surface area contributed by atoms with Crippen molar-refractivity contribution in [2.75, 3.05) is 5.75 Å². The average Bonchev–Trinajstić information content (AvgIpc) is 2.14. The molecule has 0 aromatic heterocycles. The van der Waals surface area contributed by atoms with Crippen LogP contribution in [0, 0.1) is 11.8 Å². The molecule has 5 nitrogen and oxygen atoms in total. The second-order valence-corrected chi connectivity index (χ2v) is 6.82. The van der Waals surface area contributed by atoms with Crippen LogP contribution < -0.4 is 4.72 Å². The zero-order valence-corrected chi connectivity index (χ0v) is 11.2. The molecule has 100 valence electrons. The Bertz CT molecular complexity index is 364. The third-order valence-corrected chi connectivity index (χ3v) is 4.61. The summed E-state index contributed by atoms with van der Waals surface area (Å²) in [5.41, 5.74) is 0. The van der Waals surface area contributed by atoms with Gasteiger partial charge in [-0.1, -0.05) is 26.7 Å². The first-order chi connectivity index (χ1) is 7.82. The summed E-state index contributed by atoms with van der Waals surface area (Å²) in [4.78, 5) is 10.5. The van der Waals surface area contributed by atoms with Gasteiger partial charge in [0.15, 0.2) is 5.75 Å². The molecule has 1 aliphatic carbocycles. The molecule has 17 heavy (non-hydrogen) atoms. The van der Waals surface area contributed by atoms with Gasteiger partial charge in [0.25, 0.3) is 0 Å². The zero-order valence-electron chi connectivity index (χ0n) is 10.3. The summed E-state index contributed by atoms with van der Waals surface area (Å²) in [7, 11) is -3.70. The van der Waals surface area contributed by atoms with Crippen molar-refractivity contribution >= 4 is 16.0 Å². The van der Waals surface area contributed by atoms with Crippen LogP contribution in [0.3, 0.4) is 0 Å². The lowest BCUT2D eigenvalue weighted by Crippen LogP contribution is -2.45. The van der Waals surface area contributed by atoms with Gasteiger partial charge in [-0.05, 0) is 24.7 Å². The van der Waals surface area contributed by atoms with Gasteiger partial charge in [0.05, 0.1) is 0 Å². The van der Waals surface area contributed by atoms with E-state index in [1.54, 1.807) is 0 Å². The fraction of sp³-hybridized carbons (Fsp3) is 0.909. The van der Waals surface area contributed by atoms with E-state index >= 15 is 0 Å². The summed E-state index contributed by atoms with van der Waals surface area (Å²) in [5, 5.41) is 8.53. The van der Waals surface area contributed by atoms with Crippen molar-refractivity contribution in [2.45, 2.75) is 45.6 Å².